The molecule has 1 saturated carbocycles. The summed E-state index contributed by atoms with van der Waals surface area (Å²) in [6.07, 6.45) is 8.37. The Balaban J connectivity index is 1.84. The summed E-state index contributed by atoms with van der Waals surface area (Å²) in [5, 5.41) is 9.54. The molecule has 1 aromatic rings. The number of carbonyl (C=O) groups is 2. The monoisotopic (exact) mass is 248 g/mol. The highest BCUT2D eigenvalue weighted by atomic mass is 16.2. The number of rotatable bonds is 5. The molecule has 0 unspecified atom stereocenters. The van der Waals surface area contributed by atoms with E-state index in [0.717, 1.165) is 12.8 Å². The van der Waals surface area contributed by atoms with Crippen LogP contribution in [0.15, 0.2) is 24.5 Å². The van der Waals surface area contributed by atoms with Crippen molar-refractivity contribution in [3.8, 4) is 0 Å². The number of amides is 2. The van der Waals surface area contributed by atoms with Crippen molar-refractivity contribution in [1.82, 2.24) is 15.1 Å². The van der Waals surface area contributed by atoms with Gasteiger partial charge >= 0.3 is 0 Å². The molecule has 0 aromatic carbocycles. The summed E-state index contributed by atoms with van der Waals surface area (Å²) < 4.78 is 1.50. The first-order valence-corrected chi connectivity index (χ1v) is 5.93. The van der Waals surface area contributed by atoms with Crippen LogP contribution in [-0.2, 0) is 16.1 Å². The highest BCUT2D eigenvalue weighted by molar-refractivity contribution is 5.99. The SMILES string of the molecule is CC=CC(=O)Nc1cnn(CC(=O)NC2CC2)c1. The van der Waals surface area contributed by atoms with E-state index >= 15 is 0 Å². The third kappa shape index (κ3) is 3.73. The van der Waals surface area contributed by atoms with Crippen molar-refractivity contribution in [2.45, 2.75) is 32.4 Å². The molecule has 0 atom stereocenters. The number of carbonyl (C=O) groups excluding carboxylic acids is 2. The van der Waals surface area contributed by atoms with Gasteiger partial charge in [0.1, 0.15) is 6.54 Å². The maximum atomic E-state index is 11.5. The average Bonchev–Trinajstić information content (AvgIpc) is 3.00. The van der Waals surface area contributed by atoms with Crippen LogP contribution in [-0.4, -0.2) is 27.6 Å². The van der Waals surface area contributed by atoms with Crippen LogP contribution in [0, 0.1) is 0 Å². The molecule has 2 amide bonds. The van der Waals surface area contributed by atoms with E-state index < -0.39 is 0 Å². The Hall–Kier alpha value is -2.11. The maximum Gasteiger partial charge on any atom is 0.248 e. The van der Waals surface area contributed by atoms with Crippen molar-refractivity contribution in [3.63, 3.8) is 0 Å². The molecule has 96 valence electrons. The third-order valence-electron chi connectivity index (χ3n) is 2.47. The molecule has 2 rings (SSSR count). The van der Waals surface area contributed by atoms with Gasteiger partial charge in [0.25, 0.3) is 0 Å². The summed E-state index contributed by atoms with van der Waals surface area (Å²) in [5.41, 5.74) is 0.581. The first-order valence-electron chi connectivity index (χ1n) is 5.93. The Bertz CT molecular complexity index is 474. The van der Waals surface area contributed by atoms with E-state index in [1.54, 1.807) is 19.2 Å². The number of allylic oxidation sites excluding steroid dienone is 1. The molecule has 1 heterocycles. The van der Waals surface area contributed by atoms with Gasteiger partial charge in [-0.3, -0.25) is 14.3 Å². The highest BCUT2D eigenvalue weighted by Crippen LogP contribution is 2.18. The predicted octanol–water partition coefficient (Wildman–Crippen LogP) is 0.676. The lowest BCUT2D eigenvalue weighted by Crippen LogP contribution is -2.29. The van der Waals surface area contributed by atoms with Gasteiger partial charge in [-0.05, 0) is 25.8 Å². The van der Waals surface area contributed by atoms with Crippen molar-refractivity contribution in [3.05, 3.63) is 24.5 Å². The first kappa shape index (κ1) is 12.3. The van der Waals surface area contributed by atoms with Gasteiger partial charge in [0.2, 0.25) is 11.8 Å². The van der Waals surface area contributed by atoms with Crippen molar-refractivity contribution in [1.29, 1.82) is 0 Å². The fourth-order valence-corrected chi connectivity index (χ4v) is 1.50. The summed E-state index contributed by atoms with van der Waals surface area (Å²) in [4.78, 5) is 22.8. The van der Waals surface area contributed by atoms with Crippen LogP contribution in [0.1, 0.15) is 19.8 Å². The molecule has 6 heteroatoms. The second kappa shape index (κ2) is 5.48. The Morgan fingerprint density at radius 1 is 1.56 bits per heavy atom. The fourth-order valence-electron chi connectivity index (χ4n) is 1.50. The van der Waals surface area contributed by atoms with Crippen LogP contribution in [0.3, 0.4) is 0 Å². The summed E-state index contributed by atoms with van der Waals surface area (Å²) in [6.45, 7) is 1.95. The van der Waals surface area contributed by atoms with Crippen molar-refractivity contribution < 1.29 is 9.59 Å². The van der Waals surface area contributed by atoms with Crippen molar-refractivity contribution in [2.24, 2.45) is 0 Å². The van der Waals surface area contributed by atoms with E-state index in [-0.39, 0.29) is 18.4 Å². The Morgan fingerprint density at radius 3 is 3.00 bits per heavy atom. The zero-order chi connectivity index (χ0) is 13.0. The number of anilines is 1. The summed E-state index contributed by atoms with van der Waals surface area (Å²) in [7, 11) is 0. The molecule has 0 radical (unpaired) electrons. The minimum Gasteiger partial charge on any atom is -0.352 e. The van der Waals surface area contributed by atoms with Gasteiger partial charge < -0.3 is 10.6 Å². The highest BCUT2D eigenvalue weighted by Gasteiger charge is 2.23. The van der Waals surface area contributed by atoms with Crippen LogP contribution in [0.25, 0.3) is 0 Å². The lowest BCUT2D eigenvalue weighted by Gasteiger charge is -2.02. The van der Waals surface area contributed by atoms with Crippen molar-refractivity contribution in [2.75, 3.05) is 5.32 Å². The molecule has 1 aliphatic carbocycles. The van der Waals surface area contributed by atoms with E-state index in [0.29, 0.717) is 11.7 Å². The van der Waals surface area contributed by atoms with Crippen molar-refractivity contribution >= 4 is 17.5 Å². The fraction of sp³-hybridized carbons (Fsp3) is 0.417. The first-order chi connectivity index (χ1) is 8.67. The molecule has 0 spiro atoms. The summed E-state index contributed by atoms with van der Waals surface area (Å²) in [5.74, 6) is -0.258. The van der Waals surface area contributed by atoms with Gasteiger partial charge in [0.15, 0.2) is 0 Å². The largest absolute Gasteiger partial charge is 0.352 e. The standard InChI is InChI=1S/C12H16N4O2/c1-2-3-11(17)15-10-6-13-16(7-10)8-12(18)14-9-4-5-9/h2-3,6-7,9H,4-5,8H2,1H3,(H,14,18)(H,15,17). The van der Waals surface area contributed by atoms with E-state index in [2.05, 4.69) is 15.7 Å². The Labute approximate surface area is 105 Å². The lowest BCUT2D eigenvalue weighted by molar-refractivity contribution is -0.122. The van der Waals surface area contributed by atoms with Gasteiger partial charge in [0, 0.05) is 12.2 Å². The molecule has 1 aliphatic rings. The van der Waals surface area contributed by atoms with Gasteiger partial charge in [-0.15, -0.1) is 0 Å². The molecular formula is C12H16N4O2. The quantitative estimate of drug-likeness (QED) is 0.752. The van der Waals surface area contributed by atoms with Crippen LogP contribution in [0.4, 0.5) is 5.69 Å². The zero-order valence-electron chi connectivity index (χ0n) is 10.2. The summed E-state index contributed by atoms with van der Waals surface area (Å²) >= 11 is 0. The van der Waals surface area contributed by atoms with E-state index in [9.17, 15) is 9.59 Å². The molecule has 0 saturated heterocycles. The number of hydrogen-bond donors (Lipinski definition) is 2. The average molecular weight is 248 g/mol. The van der Waals surface area contributed by atoms with Crippen LogP contribution >= 0.6 is 0 Å². The predicted molar refractivity (Wildman–Crippen MR) is 66.8 cm³/mol. The minimum atomic E-state index is -0.209. The molecule has 6 nitrogen and oxygen atoms in total. The molecule has 0 bridgehead atoms. The summed E-state index contributed by atoms with van der Waals surface area (Å²) in [6, 6.07) is 0.349. The topological polar surface area (TPSA) is 76.0 Å². The minimum absolute atomic E-state index is 0.0491. The second-order valence-electron chi connectivity index (χ2n) is 4.26. The van der Waals surface area contributed by atoms with Crippen LogP contribution < -0.4 is 10.6 Å². The zero-order valence-corrected chi connectivity index (χ0v) is 10.2. The Kier molecular flexibility index (Phi) is 3.76. The van der Waals surface area contributed by atoms with Gasteiger partial charge in [-0.2, -0.15) is 5.10 Å². The van der Waals surface area contributed by atoms with Crippen LogP contribution in [0.2, 0.25) is 0 Å². The number of nitrogens with zero attached hydrogens (tertiary/aromatic N) is 2. The van der Waals surface area contributed by atoms with E-state index in [1.807, 2.05) is 0 Å². The van der Waals surface area contributed by atoms with E-state index in [4.69, 9.17) is 0 Å². The molecule has 18 heavy (non-hydrogen) atoms. The lowest BCUT2D eigenvalue weighted by atomic mass is 10.4. The molecule has 1 aromatic heterocycles. The number of aromatic nitrogens is 2. The molecule has 2 N–H and O–H groups in total. The van der Waals surface area contributed by atoms with Gasteiger partial charge in [0.05, 0.1) is 11.9 Å². The van der Waals surface area contributed by atoms with Gasteiger partial charge in [-0.1, -0.05) is 6.08 Å². The molecular weight excluding hydrogens is 232 g/mol. The second-order valence-corrected chi connectivity index (χ2v) is 4.26. The smallest absolute Gasteiger partial charge is 0.248 e. The van der Waals surface area contributed by atoms with E-state index in [1.165, 1.54) is 17.0 Å². The van der Waals surface area contributed by atoms with Crippen LogP contribution in [0.5, 0.6) is 0 Å². The number of nitrogens with one attached hydrogen (secondary N) is 2. The Morgan fingerprint density at radius 2 is 2.33 bits per heavy atom. The molecule has 0 aliphatic heterocycles. The maximum absolute atomic E-state index is 11.5. The van der Waals surface area contributed by atoms with Gasteiger partial charge in [-0.25, -0.2) is 0 Å². The number of hydrogen-bond acceptors (Lipinski definition) is 3. The third-order valence-corrected chi connectivity index (χ3v) is 2.47. The normalized spacial score (nSPS) is 14.7. The molecule has 1 fully saturated rings.